The van der Waals surface area contributed by atoms with Gasteiger partial charge in [0.1, 0.15) is 11.8 Å². The minimum Gasteiger partial charge on any atom is -0.482 e. The van der Waals surface area contributed by atoms with E-state index in [0.717, 1.165) is 11.3 Å². The summed E-state index contributed by atoms with van der Waals surface area (Å²) in [5.41, 5.74) is 2.01. The predicted octanol–water partition coefficient (Wildman–Crippen LogP) is 2.85. The lowest BCUT2D eigenvalue weighted by Crippen LogP contribution is -2.28. The molecular weight excluding hydrogens is 330 g/mol. The summed E-state index contributed by atoms with van der Waals surface area (Å²) >= 11 is 0. The van der Waals surface area contributed by atoms with Gasteiger partial charge in [0, 0.05) is 18.2 Å². The lowest BCUT2D eigenvalue weighted by molar-refractivity contribution is -0.123. The van der Waals surface area contributed by atoms with Crippen molar-refractivity contribution < 1.29 is 14.3 Å². The van der Waals surface area contributed by atoms with Crippen LogP contribution in [-0.2, 0) is 16.1 Å². The summed E-state index contributed by atoms with van der Waals surface area (Å²) in [7, 11) is 0. The van der Waals surface area contributed by atoms with E-state index in [4.69, 9.17) is 10.00 Å². The molecule has 0 unspecified atom stereocenters. The van der Waals surface area contributed by atoms with E-state index in [9.17, 15) is 9.59 Å². The molecule has 0 atom stereocenters. The highest BCUT2D eigenvalue weighted by Gasteiger charge is 2.08. The molecule has 2 aromatic rings. The number of nitriles is 1. The molecule has 0 bridgehead atoms. The topological polar surface area (TPSA) is 91.2 Å². The first-order valence-corrected chi connectivity index (χ1v) is 8.28. The van der Waals surface area contributed by atoms with Gasteiger partial charge in [-0.1, -0.05) is 38.1 Å². The Morgan fingerprint density at radius 1 is 1.12 bits per heavy atom. The van der Waals surface area contributed by atoms with Crippen LogP contribution in [-0.4, -0.2) is 18.4 Å². The zero-order chi connectivity index (χ0) is 18.9. The molecule has 0 heterocycles. The molecule has 0 saturated carbocycles. The van der Waals surface area contributed by atoms with Crippen LogP contribution in [0.4, 0.5) is 5.69 Å². The molecule has 2 N–H and O–H groups in total. The highest BCUT2D eigenvalue weighted by molar-refractivity contribution is 5.92. The smallest absolute Gasteiger partial charge is 0.258 e. The van der Waals surface area contributed by atoms with Gasteiger partial charge in [-0.15, -0.1) is 0 Å². The standard InChI is InChI=1S/C20H21N3O3/c1-14(2)20(25)23-17-9-7-15(8-10-17)12-22-19(24)13-26-18-6-4-3-5-16(18)11-21/h3-10,14H,12-13H2,1-2H3,(H,22,24)(H,23,25). The number of benzene rings is 2. The Morgan fingerprint density at radius 3 is 2.46 bits per heavy atom. The fourth-order valence-electron chi connectivity index (χ4n) is 2.07. The van der Waals surface area contributed by atoms with E-state index in [1.165, 1.54) is 0 Å². The van der Waals surface area contributed by atoms with Crippen LogP contribution in [0.1, 0.15) is 25.0 Å². The van der Waals surface area contributed by atoms with E-state index in [2.05, 4.69) is 10.6 Å². The number of carbonyl (C=O) groups excluding carboxylic acids is 2. The number of nitrogens with one attached hydrogen (secondary N) is 2. The fourth-order valence-corrected chi connectivity index (χ4v) is 2.07. The van der Waals surface area contributed by atoms with Crippen molar-refractivity contribution in [3.63, 3.8) is 0 Å². The van der Waals surface area contributed by atoms with Gasteiger partial charge in [0.05, 0.1) is 5.56 Å². The summed E-state index contributed by atoms with van der Waals surface area (Å²) in [6.45, 7) is 3.84. The van der Waals surface area contributed by atoms with Crippen LogP contribution in [0.2, 0.25) is 0 Å². The van der Waals surface area contributed by atoms with E-state index >= 15 is 0 Å². The molecule has 0 fully saturated rings. The second-order valence-electron chi connectivity index (χ2n) is 6.01. The maximum absolute atomic E-state index is 11.9. The van der Waals surface area contributed by atoms with Crippen LogP contribution in [0.5, 0.6) is 5.75 Å². The Balaban J connectivity index is 1.80. The number of amides is 2. The molecule has 0 aliphatic heterocycles. The Morgan fingerprint density at radius 2 is 1.81 bits per heavy atom. The number of rotatable bonds is 7. The number of para-hydroxylation sites is 1. The third-order valence-electron chi connectivity index (χ3n) is 3.60. The minimum absolute atomic E-state index is 0.0409. The summed E-state index contributed by atoms with van der Waals surface area (Å²) in [6, 6.07) is 16.0. The molecule has 134 valence electrons. The van der Waals surface area contributed by atoms with Crippen molar-refractivity contribution in [3.8, 4) is 11.8 Å². The van der Waals surface area contributed by atoms with E-state index in [-0.39, 0.29) is 24.3 Å². The van der Waals surface area contributed by atoms with Gasteiger partial charge in [0.2, 0.25) is 5.91 Å². The third-order valence-corrected chi connectivity index (χ3v) is 3.60. The molecule has 0 aliphatic rings. The Bertz CT molecular complexity index is 808. The first-order valence-electron chi connectivity index (χ1n) is 8.28. The predicted molar refractivity (Wildman–Crippen MR) is 98.4 cm³/mol. The van der Waals surface area contributed by atoms with E-state index in [1.807, 2.05) is 32.0 Å². The van der Waals surface area contributed by atoms with Gasteiger partial charge in [-0.2, -0.15) is 5.26 Å². The molecule has 2 aromatic carbocycles. The third kappa shape index (κ3) is 5.64. The number of hydrogen-bond acceptors (Lipinski definition) is 4. The second kappa shape index (κ2) is 9.23. The monoisotopic (exact) mass is 351 g/mol. The molecule has 0 saturated heterocycles. The highest BCUT2D eigenvalue weighted by Crippen LogP contribution is 2.16. The van der Waals surface area contributed by atoms with E-state index in [1.54, 1.807) is 36.4 Å². The van der Waals surface area contributed by atoms with E-state index in [0.29, 0.717) is 17.9 Å². The first kappa shape index (κ1) is 19.0. The summed E-state index contributed by atoms with van der Waals surface area (Å²) in [4.78, 5) is 23.5. The molecule has 0 aliphatic carbocycles. The van der Waals surface area contributed by atoms with Crippen LogP contribution in [0.15, 0.2) is 48.5 Å². The van der Waals surface area contributed by atoms with Crippen molar-refractivity contribution in [2.24, 2.45) is 5.92 Å². The van der Waals surface area contributed by atoms with Crippen LogP contribution in [0, 0.1) is 17.2 Å². The fraction of sp³-hybridized carbons (Fsp3) is 0.250. The number of ether oxygens (including phenoxy) is 1. The van der Waals surface area contributed by atoms with Gasteiger partial charge in [0.25, 0.3) is 5.91 Å². The maximum Gasteiger partial charge on any atom is 0.258 e. The van der Waals surface area contributed by atoms with Gasteiger partial charge < -0.3 is 15.4 Å². The summed E-state index contributed by atoms with van der Waals surface area (Å²) in [5, 5.41) is 14.5. The molecular formula is C20H21N3O3. The van der Waals surface area contributed by atoms with Gasteiger partial charge in [-0.25, -0.2) is 0 Å². The van der Waals surface area contributed by atoms with Gasteiger partial charge in [0.15, 0.2) is 6.61 Å². The molecule has 0 aromatic heterocycles. The number of anilines is 1. The Kier molecular flexibility index (Phi) is 6.75. The SMILES string of the molecule is CC(C)C(=O)Nc1ccc(CNC(=O)COc2ccccc2C#N)cc1. The molecule has 6 heteroatoms. The Hall–Kier alpha value is -3.33. The quantitative estimate of drug-likeness (QED) is 0.802. The maximum atomic E-state index is 11.9. The lowest BCUT2D eigenvalue weighted by Gasteiger charge is -2.10. The van der Waals surface area contributed by atoms with Crippen LogP contribution < -0.4 is 15.4 Å². The van der Waals surface area contributed by atoms with Crippen molar-refractivity contribution in [1.29, 1.82) is 5.26 Å². The summed E-state index contributed by atoms with van der Waals surface area (Å²) < 4.78 is 5.38. The number of nitrogens with zero attached hydrogens (tertiary/aromatic N) is 1. The lowest BCUT2D eigenvalue weighted by atomic mass is 10.1. The first-order chi connectivity index (χ1) is 12.5. The molecule has 2 amide bonds. The zero-order valence-electron chi connectivity index (χ0n) is 14.8. The zero-order valence-corrected chi connectivity index (χ0v) is 14.8. The van der Waals surface area contributed by atoms with Crippen molar-refractivity contribution in [3.05, 3.63) is 59.7 Å². The van der Waals surface area contributed by atoms with Crippen LogP contribution in [0.25, 0.3) is 0 Å². The number of hydrogen-bond donors (Lipinski definition) is 2. The normalized spacial score (nSPS) is 10.1. The van der Waals surface area contributed by atoms with E-state index < -0.39 is 0 Å². The van der Waals surface area contributed by atoms with Crippen molar-refractivity contribution in [1.82, 2.24) is 5.32 Å². The average molecular weight is 351 g/mol. The molecule has 6 nitrogen and oxygen atoms in total. The molecule has 0 spiro atoms. The minimum atomic E-state index is -0.282. The average Bonchev–Trinajstić information content (AvgIpc) is 2.65. The highest BCUT2D eigenvalue weighted by atomic mass is 16.5. The van der Waals surface area contributed by atoms with Crippen molar-refractivity contribution >= 4 is 17.5 Å². The number of carbonyl (C=O) groups is 2. The molecule has 26 heavy (non-hydrogen) atoms. The summed E-state index contributed by atoms with van der Waals surface area (Å²) in [5.74, 6) is -0.0219. The second-order valence-corrected chi connectivity index (χ2v) is 6.01. The van der Waals surface area contributed by atoms with Gasteiger partial charge in [-0.05, 0) is 29.8 Å². The van der Waals surface area contributed by atoms with Gasteiger partial charge in [-0.3, -0.25) is 9.59 Å². The summed E-state index contributed by atoms with van der Waals surface area (Å²) in [6.07, 6.45) is 0. The van der Waals surface area contributed by atoms with Crippen molar-refractivity contribution in [2.45, 2.75) is 20.4 Å². The van der Waals surface area contributed by atoms with Crippen LogP contribution in [0.3, 0.4) is 0 Å². The van der Waals surface area contributed by atoms with Crippen LogP contribution >= 0.6 is 0 Å². The Labute approximate surface area is 152 Å². The largest absolute Gasteiger partial charge is 0.482 e. The molecule has 0 radical (unpaired) electrons. The van der Waals surface area contributed by atoms with Crippen molar-refractivity contribution in [2.75, 3.05) is 11.9 Å². The molecule has 2 rings (SSSR count). The van der Waals surface area contributed by atoms with Gasteiger partial charge >= 0.3 is 0 Å².